The molecule has 6 nitrogen and oxygen atoms in total. The summed E-state index contributed by atoms with van der Waals surface area (Å²) in [6, 6.07) is 13.9. The molecule has 1 aliphatic heterocycles. The molecular weight excluding hydrogens is 342 g/mol. The van der Waals surface area contributed by atoms with Crippen molar-refractivity contribution in [1.29, 1.82) is 0 Å². The lowest BCUT2D eigenvalue weighted by atomic mass is 10.1. The van der Waals surface area contributed by atoms with E-state index in [0.29, 0.717) is 24.6 Å². The Balaban J connectivity index is 1.72. The molecule has 0 spiro atoms. The van der Waals surface area contributed by atoms with Gasteiger partial charge in [0.05, 0.1) is 20.3 Å². The van der Waals surface area contributed by atoms with Gasteiger partial charge < -0.3 is 19.7 Å². The van der Waals surface area contributed by atoms with Crippen LogP contribution >= 0.6 is 0 Å². The van der Waals surface area contributed by atoms with E-state index in [2.05, 4.69) is 16.3 Å². The number of urea groups is 1. The lowest BCUT2D eigenvalue weighted by Gasteiger charge is -2.27. The Hall–Kier alpha value is -2.73. The first-order chi connectivity index (χ1) is 13.0. The fraction of sp³-hybridized carbons (Fsp3) is 0.381. The molecule has 1 heterocycles. The zero-order valence-corrected chi connectivity index (χ0v) is 16.4. The number of methoxy groups -OCH3 is 2. The van der Waals surface area contributed by atoms with Gasteiger partial charge in [-0.25, -0.2) is 4.79 Å². The van der Waals surface area contributed by atoms with Crippen LogP contribution in [0.25, 0.3) is 0 Å². The van der Waals surface area contributed by atoms with Gasteiger partial charge in [-0.05, 0) is 49.8 Å². The predicted molar refractivity (Wildman–Crippen MR) is 107 cm³/mol. The number of nitrogens with zero attached hydrogens (tertiary/aromatic N) is 2. The number of carbonyl (C=O) groups is 1. The highest BCUT2D eigenvalue weighted by atomic mass is 16.5. The van der Waals surface area contributed by atoms with Crippen LogP contribution in [-0.2, 0) is 6.42 Å². The third kappa shape index (κ3) is 4.01. The number of hydrogen-bond acceptors (Lipinski definition) is 4. The summed E-state index contributed by atoms with van der Waals surface area (Å²) in [6.45, 7) is 1.22. The number of benzene rings is 2. The Morgan fingerprint density at radius 3 is 2.59 bits per heavy atom. The predicted octanol–water partition coefficient (Wildman–Crippen LogP) is 3.08. The quantitative estimate of drug-likeness (QED) is 0.850. The summed E-state index contributed by atoms with van der Waals surface area (Å²) < 4.78 is 10.7. The fourth-order valence-electron chi connectivity index (χ4n) is 3.49. The molecule has 1 N–H and O–H groups in total. The first-order valence-corrected chi connectivity index (χ1v) is 9.06. The summed E-state index contributed by atoms with van der Waals surface area (Å²) >= 11 is 0. The second-order valence-corrected chi connectivity index (χ2v) is 6.81. The highest BCUT2D eigenvalue weighted by Crippen LogP contribution is 2.31. The van der Waals surface area contributed by atoms with Crippen LogP contribution in [0.4, 0.5) is 10.5 Å². The number of rotatable bonds is 6. The average molecular weight is 369 g/mol. The SMILES string of the molecule is COc1ccc(C(CNC(=O)N2CCc3ccccc32)N(C)C)cc1OC. The molecule has 1 atom stereocenters. The molecular formula is C21H27N3O3. The van der Waals surface area contributed by atoms with Crippen molar-refractivity contribution in [3.8, 4) is 11.5 Å². The standard InChI is InChI=1S/C21H27N3O3/c1-23(2)18(16-9-10-19(26-3)20(13-16)27-4)14-22-21(25)24-12-11-15-7-5-6-8-17(15)24/h5-10,13,18H,11-12,14H2,1-4H3,(H,22,25). The van der Waals surface area contributed by atoms with Crippen molar-refractivity contribution >= 4 is 11.7 Å². The molecule has 144 valence electrons. The molecule has 0 fully saturated rings. The molecule has 2 aromatic carbocycles. The van der Waals surface area contributed by atoms with Crippen molar-refractivity contribution in [1.82, 2.24) is 10.2 Å². The summed E-state index contributed by atoms with van der Waals surface area (Å²) in [6.07, 6.45) is 0.899. The van der Waals surface area contributed by atoms with Gasteiger partial charge in [0.1, 0.15) is 0 Å². The average Bonchev–Trinajstić information content (AvgIpc) is 3.11. The highest BCUT2D eigenvalue weighted by molar-refractivity contribution is 5.94. The van der Waals surface area contributed by atoms with Crippen LogP contribution in [0.3, 0.4) is 0 Å². The number of hydrogen-bond donors (Lipinski definition) is 1. The monoisotopic (exact) mass is 369 g/mol. The molecule has 27 heavy (non-hydrogen) atoms. The maximum Gasteiger partial charge on any atom is 0.321 e. The summed E-state index contributed by atoms with van der Waals surface area (Å²) in [5.74, 6) is 1.37. The Bertz CT molecular complexity index is 807. The molecule has 1 aliphatic rings. The lowest BCUT2D eigenvalue weighted by Crippen LogP contribution is -2.42. The van der Waals surface area contributed by atoms with Gasteiger partial charge in [-0.2, -0.15) is 0 Å². The van der Waals surface area contributed by atoms with Crippen molar-refractivity contribution < 1.29 is 14.3 Å². The number of nitrogens with one attached hydrogen (secondary N) is 1. The molecule has 0 radical (unpaired) electrons. The van der Waals surface area contributed by atoms with E-state index < -0.39 is 0 Å². The van der Waals surface area contributed by atoms with E-state index in [4.69, 9.17) is 9.47 Å². The minimum atomic E-state index is -0.0627. The van der Waals surface area contributed by atoms with Gasteiger partial charge in [0.2, 0.25) is 0 Å². The van der Waals surface area contributed by atoms with Crippen LogP contribution in [0, 0.1) is 0 Å². The number of likely N-dealkylation sites (N-methyl/N-ethyl adjacent to an activating group) is 1. The summed E-state index contributed by atoms with van der Waals surface area (Å²) in [5.41, 5.74) is 3.28. The normalized spacial score (nSPS) is 14.0. The van der Waals surface area contributed by atoms with Crippen molar-refractivity contribution in [3.05, 3.63) is 53.6 Å². The largest absolute Gasteiger partial charge is 0.493 e. The maximum absolute atomic E-state index is 12.7. The van der Waals surface area contributed by atoms with Crippen LogP contribution in [0.1, 0.15) is 17.2 Å². The zero-order valence-electron chi connectivity index (χ0n) is 16.4. The van der Waals surface area contributed by atoms with Gasteiger partial charge in [0, 0.05) is 18.8 Å². The number of carbonyl (C=O) groups excluding carboxylic acids is 1. The molecule has 0 saturated heterocycles. The van der Waals surface area contributed by atoms with Crippen molar-refractivity contribution in [3.63, 3.8) is 0 Å². The summed E-state index contributed by atoms with van der Waals surface area (Å²) in [5, 5.41) is 3.08. The van der Waals surface area contributed by atoms with E-state index in [1.807, 2.05) is 55.4 Å². The number of amides is 2. The summed E-state index contributed by atoms with van der Waals surface area (Å²) in [4.78, 5) is 16.6. The second kappa shape index (κ2) is 8.31. The molecule has 1 unspecified atom stereocenters. The third-order valence-corrected chi connectivity index (χ3v) is 4.99. The van der Waals surface area contributed by atoms with Crippen molar-refractivity contribution in [2.75, 3.05) is 46.3 Å². The fourth-order valence-corrected chi connectivity index (χ4v) is 3.49. The van der Waals surface area contributed by atoms with Gasteiger partial charge in [-0.15, -0.1) is 0 Å². The Morgan fingerprint density at radius 1 is 1.15 bits per heavy atom. The third-order valence-electron chi connectivity index (χ3n) is 4.99. The minimum Gasteiger partial charge on any atom is -0.493 e. The van der Waals surface area contributed by atoms with Crippen LogP contribution < -0.4 is 19.7 Å². The van der Waals surface area contributed by atoms with Crippen LogP contribution in [0.2, 0.25) is 0 Å². The number of anilines is 1. The number of para-hydroxylation sites is 1. The molecule has 2 aromatic rings. The van der Waals surface area contributed by atoms with Crippen LogP contribution in [0.5, 0.6) is 11.5 Å². The maximum atomic E-state index is 12.7. The Kier molecular flexibility index (Phi) is 5.86. The van der Waals surface area contributed by atoms with E-state index in [-0.39, 0.29) is 12.1 Å². The number of fused-ring (bicyclic) bond motifs is 1. The van der Waals surface area contributed by atoms with E-state index in [0.717, 1.165) is 17.7 Å². The van der Waals surface area contributed by atoms with E-state index in [1.54, 1.807) is 14.2 Å². The Labute approximate surface area is 160 Å². The van der Waals surface area contributed by atoms with E-state index in [9.17, 15) is 4.79 Å². The van der Waals surface area contributed by atoms with Gasteiger partial charge in [-0.1, -0.05) is 24.3 Å². The van der Waals surface area contributed by atoms with Gasteiger partial charge in [0.15, 0.2) is 11.5 Å². The van der Waals surface area contributed by atoms with Crippen LogP contribution in [0.15, 0.2) is 42.5 Å². The minimum absolute atomic E-state index is 0.0200. The second-order valence-electron chi connectivity index (χ2n) is 6.81. The number of ether oxygens (including phenoxy) is 2. The van der Waals surface area contributed by atoms with Crippen LogP contribution in [-0.4, -0.2) is 52.3 Å². The first kappa shape index (κ1) is 19.0. The van der Waals surface area contributed by atoms with Gasteiger partial charge in [-0.3, -0.25) is 4.90 Å². The van der Waals surface area contributed by atoms with Crippen molar-refractivity contribution in [2.24, 2.45) is 0 Å². The summed E-state index contributed by atoms with van der Waals surface area (Å²) in [7, 11) is 7.24. The van der Waals surface area contributed by atoms with Gasteiger partial charge in [0.25, 0.3) is 0 Å². The molecule has 0 saturated carbocycles. The van der Waals surface area contributed by atoms with E-state index in [1.165, 1.54) is 5.56 Å². The highest BCUT2D eigenvalue weighted by Gasteiger charge is 2.25. The molecule has 6 heteroatoms. The zero-order chi connectivity index (χ0) is 19.4. The van der Waals surface area contributed by atoms with Crippen molar-refractivity contribution in [2.45, 2.75) is 12.5 Å². The molecule has 2 amide bonds. The molecule has 0 aromatic heterocycles. The Morgan fingerprint density at radius 2 is 1.89 bits per heavy atom. The molecule has 0 bridgehead atoms. The molecule has 0 aliphatic carbocycles. The van der Waals surface area contributed by atoms with Gasteiger partial charge >= 0.3 is 6.03 Å². The topological polar surface area (TPSA) is 54.0 Å². The molecule has 3 rings (SSSR count). The smallest absolute Gasteiger partial charge is 0.321 e. The van der Waals surface area contributed by atoms with E-state index >= 15 is 0 Å². The lowest BCUT2D eigenvalue weighted by molar-refractivity contribution is 0.238. The first-order valence-electron chi connectivity index (χ1n) is 9.06.